The molecular weight excluding hydrogens is 196 g/mol. The van der Waals surface area contributed by atoms with Gasteiger partial charge in [-0.15, -0.1) is 0 Å². The highest BCUT2D eigenvalue weighted by atomic mass is 16.1. The third-order valence-electron chi connectivity index (χ3n) is 2.31. The highest BCUT2D eigenvalue weighted by Crippen LogP contribution is 2.08. The summed E-state index contributed by atoms with van der Waals surface area (Å²) in [6.45, 7) is 7.43. The molecule has 82 valence electrons. The van der Waals surface area contributed by atoms with Gasteiger partial charge >= 0.3 is 0 Å². The Labute approximate surface area is 96.8 Å². The Morgan fingerprint density at radius 2 is 1.75 bits per heavy atom. The molecule has 0 aliphatic heterocycles. The van der Waals surface area contributed by atoms with E-state index in [9.17, 15) is 4.79 Å². The van der Waals surface area contributed by atoms with E-state index in [0.29, 0.717) is 0 Å². The predicted octanol–water partition coefficient (Wildman–Crippen LogP) is 3.95. The molecule has 1 aromatic rings. The average Bonchev–Trinajstić information content (AvgIpc) is 2.35. The van der Waals surface area contributed by atoms with Crippen LogP contribution in [0.4, 0.5) is 0 Å². The van der Waals surface area contributed by atoms with Gasteiger partial charge in [-0.05, 0) is 19.4 Å². The van der Waals surface area contributed by atoms with E-state index < -0.39 is 0 Å². The minimum atomic E-state index is 0.0636. The van der Waals surface area contributed by atoms with E-state index in [1.54, 1.807) is 6.08 Å². The molecule has 0 saturated heterocycles. The van der Waals surface area contributed by atoms with Gasteiger partial charge < -0.3 is 0 Å². The van der Waals surface area contributed by atoms with Gasteiger partial charge in [0, 0.05) is 5.56 Å². The second kappa shape index (κ2) is 5.86. The van der Waals surface area contributed by atoms with E-state index in [4.69, 9.17) is 0 Å². The fraction of sp³-hybridized carbons (Fsp3) is 0.133. The zero-order valence-electron chi connectivity index (χ0n) is 9.73. The molecule has 16 heavy (non-hydrogen) atoms. The smallest absolute Gasteiger partial charge is 0.188 e. The molecule has 0 aliphatic rings. The lowest BCUT2D eigenvalue weighted by Gasteiger charge is -1.99. The first kappa shape index (κ1) is 12.2. The van der Waals surface area contributed by atoms with Crippen molar-refractivity contribution in [1.82, 2.24) is 0 Å². The van der Waals surface area contributed by atoms with Gasteiger partial charge in [-0.25, -0.2) is 0 Å². The predicted molar refractivity (Wildman–Crippen MR) is 68.5 cm³/mol. The largest absolute Gasteiger partial charge is 0.289 e. The fourth-order valence-electron chi connectivity index (χ4n) is 1.22. The van der Waals surface area contributed by atoms with Crippen LogP contribution in [0.1, 0.15) is 24.2 Å². The van der Waals surface area contributed by atoms with Crippen molar-refractivity contribution in [3.8, 4) is 0 Å². The number of carbonyl (C=O) groups excluding carboxylic acids is 1. The lowest BCUT2D eigenvalue weighted by Crippen LogP contribution is -1.99. The lowest BCUT2D eigenvalue weighted by atomic mass is 10.0. The van der Waals surface area contributed by atoms with Gasteiger partial charge in [-0.3, -0.25) is 4.79 Å². The number of benzene rings is 1. The van der Waals surface area contributed by atoms with Gasteiger partial charge in [-0.2, -0.15) is 0 Å². The highest BCUT2D eigenvalue weighted by molar-refractivity contribution is 6.08. The van der Waals surface area contributed by atoms with Crippen LogP contribution >= 0.6 is 0 Å². The van der Waals surface area contributed by atoms with Crippen LogP contribution in [0.25, 0.3) is 0 Å². The fourth-order valence-corrected chi connectivity index (χ4v) is 1.22. The Hall–Kier alpha value is -1.89. The zero-order chi connectivity index (χ0) is 12.0. The molecule has 1 nitrogen and oxygen atoms in total. The molecule has 1 aromatic carbocycles. The summed E-state index contributed by atoms with van der Waals surface area (Å²) in [6, 6.07) is 9.28. The van der Waals surface area contributed by atoms with E-state index in [0.717, 1.165) is 16.7 Å². The molecule has 0 heterocycles. The van der Waals surface area contributed by atoms with Gasteiger partial charge in [0.05, 0.1) is 0 Å². The number of allylic oxidation sites excluding steroid dienone is 5. The van der Waals surface area contributed by atoms with Crippen LogP contribution in [0.15, 0.2) is 66.3 Å². The minimum Gasteiger partial charge on any atom is -0.289 e. The van der Waals surface area contributed by atoms with Crippen molar-refractivity contribution < 1.29 is 4.79 Å². The summed E-state index contributed by atoms with van der Waals surface area (Å²) in [7, 11) is 0. The van der Waals surface area contributed by atoms with Crippen molar-refractivity contribution in [3.05, 3.63) is 71.8 Å². The quantitative estimate of drug-likeness (QED) is 0.419. The van der Waals surface area contributed by atoms with Crippen molar-refractivity contribution in [1.29, 1.82) is 0 Å². The number of carbonyl (C=O) groups is 1. The highest BCUT2D eigenvalue weighted by Gasteiger charge is 2.05. The van der Waals surface area contributed by atoms with Crippen LogP contribution in [0, 0.1) is 0 Å². The van der Waals surface area contributed by atoms with Crippen molar-refractivity contribution in [2.24, 2.45) is 0 Å². The molecule has 1 heteroatoms. The third kappa shape index (κ3) is 3.35. The first-order chi connectivity index (χ1) is 7.65. The summed E-state index contributed by atoms with van der Waals surface area (Å²) < 4.78 is 0. The zero-order valence-corrected chi connectivity index (χ0v) is 9.73. The number of Topliss-reactive ketones (excluding diaryl/α,β-unsaturated/α-hetero) is 1. The Morgan fingerprint density at radius 1 is 1.12 bits per heavy atom. The van der Waals surface area contributed by atoms with Gasteiger partial charge in [-0.1, -0.05) is 60.7 Å². The van der Waals surface area contributed by atoms with E-state index in [2.05, 4.69) is 6.58 Å². The van der Waals surface area contributed by atoms with Crippen molar-refractivity contribution in [2.45, 2.75) is 13.8 Å². The Kier molecular flexibility index (Phi) is 4.46. The topological polar surface area (TPSA) is 17.1 Å². The molecule has 0 aromatic heterocycles. The summed E-state index contributed by atoms with van der Waals surface area (Å²) in [5, 5.41) is 0. The standard InChI is InChI=1S/C15H16O/c1-4-12(2)10-11-13(3)15(16)14-8-6-5-7-9-14/h4-11H,1H2,2-3H3/b12-10-,13-11+. The first-order valence-corrected chi connectivity index (χ1v) is 5.22. The third-order valence-corrected chi connectivity index (χ3v) is 2.31. The van der Waals surface area contributed by atoms with Gasteiger partial charge in [0.2, 0.25) is 0 Å². The Morgan fingerprint density at radius 3 is 2.31 bits per heavy atom. The SMILES string of the molecule is C=C/C(C)=C\C=C(/C)C(=O)c1ccccc1. The number of ketones is 1. The van der Waals surface area contributed by atoms with Crippen LogP contribution in [0.3, 0.4) is 0 Å². The van der Waals surface area contributed by atoms with Crippen LogP contribution in [0.2, 0.25) is 0 Å². The van der Waals surface area contributed by atoms with Gasteiger partial charge in [0.25, 0.3) is 0 Å². The van der Waals surface area contributed by atoms with Crippen molar-refractivity contribution in [3.63, 3.8) is 0 Å². The number of hydrogen-bond donors (Lipinski definition) is 0. The van der Waals surface area contributed by atoms with Gasteiger partial charge in [0.1, 0.15) is 0 Å². The summed E-state index contributed by atoms with van der Waals surface area (Å²) in [6.07, 6.45) is 5.48. The Balaban J connectivity index is 2.87. The van der Waals surface area contributed by atoms with Crippen LogP contribution in [-0.2, 0) is 0 Å². The van der Waals surface area contributed by atoms with E-state index in [-0.39, 0.29) is 5.78 Å². The maximum Gasteiger partial charge on any atom is 0.188 e. The van der Waals surface area contributed by atoms with E-state index in [1.165, 1.54) is 0 Å². The van der Waals surface area contributed by atoms with E-state index >= 15 is 0 Å². The second-order valence-corrected chi connectivity index (χ2v) is 3.66. The van der Waals surface area contributed by atoms with E-state index in [1.807, 2.05) is 56.3 Å². The monoisotopic (exact) mass is 212 g/mol. The maximum atomic E-state index is 11.9. The molecule has 0 amide bonds. The van der Waals surface area contributed by atoms with Crippen molar-refractivity contribution in [2.75, 3.05) is 0 Å². The molecule has 0 radical (unpaired) electrons. The summed E-state index contributed by atoms with van der Waals surface area (Å²) >= 11 is 0. The molecule has 0 unspecified atom stereocenters. The van der Waals surface area contributed by atoms with Gasteiger partial charge in [0.15, 0.2) is 5.78 Å². The summed E-state index contributed by atoms with van der Waals surface area (Å²) in [4.78, 5) is 11.9. The van der Waals surface area contributed by atoms with Crippen molar-refractivity contribution >= 4 is 5.78 Å². The number of hydrogen-bond acceptors (Lipinski definition) is 1. The first-order valence-electron chi connectivity index (χ1n) is 5.22. The molecular formula is C15H16O. The maximum absolute atomic E-state index is 11.9. The minimum absolute atomic E-state index is 0.0636. The molecule has 0 N–H and O–H groups in total. The summed E-state index contributed by atoms with van der Waals surface area (Å²) in [5.74, 6) is 0.0636. The molecule has 0 spiro atoms. The molecule has 0 aliphatic carbocycles. The average molecular weight is 212 g/mol. The molecule has 0 fully saturated rings. The summed E-state index contributed by atoms with van der Waals surface area (Å²) in [5.41, 5.74) is 2.49. The van der Waals surface area contributed by atoms with Crippen LogP contribution < -0.4 is 0 Å². The lowest BCUT2D eigenvalue weighted by molar-refractivity contribution is 0.103. The molecule has 0 saturated carbocycles. The van der Waals surface area contributed by atoms with Crippen LogP contribution in [0.5, 0.6) is 0 Å². The molecule has 0 atom stereocenters. The van der Waals surface area contributed by atoms with Crippen LogP contribution in [-0.4, -0.2) is 5.78 Å². The molecule has 1 rings (SSSR count). The Bertz CT molecular complexity index is 436. The number of rotatable bonds is 4. The molecule has 0 bridgehead atoms. The second-order valence-electron chi connectivity index (χ2n) is 3.66. The normalized spacial score (nSPS) is 12.4.